The molecule has 2 rings (SSSR count). The van der Waals surface area contributed by atoms with Crippen molar-refractivity contribution in [1.29, 1.82) is 0 Å². The monoisotopic (exact) mass is 306 g/mol. The van der Waals surface area contributed by atoms with Crippen molar-refractivity contribution in [3.63, 3.8) is 0 Å². The van der Waals surface area contributed by atoms with E-state index in [0.29, 0.717) is 5.56 Å². The Balaban J connectivity index is 2.12. The molecule has 0 aliphatic carbocycles. The predicted octanol–water partition coefficient (Wildman–Crippen LogP) is 1.72. The first-order chi connectivity index (χ1) is 9.88. The number of phenols is 2. The molecule has 0 spiro atoms. The maximum atomic E-state index is 11.9. The quantitative estimate of drug-likeness (QED) is 0.455. The molecular formula is C14H14N2O4S. The third kappa shape index (κ3) is 3.73. The molecule has 0 radical (unpaired) electrons. The fraction of sp³-hybridized carbons (Fsp3) is 0.0714. The molecule has 7 heteroatoms. The van der Waals surface area contributed by atoms with Crippen LogP contribution in [0.2, 0.25) is 0 Å². The summed E-state index contributed by atoms with van der Waals surface area (Å²) in [5, 5.41) is 22.1. The van der Waals surface area contributed by atoms with Gasteiger partial charge in [0.2, 0.25) is 0 Å². The summed E-state index contributed by atoms with van der Waals surface area (Å²) >= 11 is 0. The minimum atomic E-state index is -3.73. The number of phenolic OH excluding ortho intramolecular Hbond substituents is 2. The Bertz CT molecular complexity index is 768. The van der Waals surface area contributed by atoms with Crippen LogP contribution in [0.4, 0.5) is 0 Å². The molecule has 0 aromatic heterocycles. The molecule has 0 amide bonds. The molecule has 2 aromatic rings. The molecule has 0 saturated heterocycles. The smallest absolute Gasteiger partial charge is 0.276 e. The van der Waals surface area contributed by atoms with Gasteiger partial charge in [-0.25, -0.2) is 4.83 Å². The van der Waals surface area contributed by atoms with Gasteiger partial charge >= 0.3 is 0 Å². The molecule has 6 nitrogen and oxygen atoms in total. The number of rotatable bonds is 4. The number of sulfonamides is 1. The van der Waals surface area contributed by atoms with Gasteiger partial charge in [0.1, 0.15) is 0 Å². The minimum absolute atomic E-state index is 0.110. The Morgan fingerprint density at radius 2 is 1.71 bits per heavy atom. The van der Waals surface area contributed by atoms with Gasteiger partial charge in [-0.1, -0.05) is 17.7 Å². The van der Waals surface area contributed by atoms with Crippen LogP contribution < -0.4 is 4.83 Å². The lowest BCUT2D eigenvalue weighted by Gasteiger charge is -2.03. The average Bonchev–Trinajstić information content (AvgIpc) is 2.43. The van der Waals surface area contributed by atoms with Gasteiger partial charge < -0.3 is 10.2 Å². The van der Waals surface area contributed by atoms with Gasteiger partial charge in [0.05, 0.1) is 11.1 Å². The van der Waals surface area contributed by atoms with Crippen molar-refractivity contribution in [2.45, 2.75) is 11.8 Å². The Labute approximate surface area is 122 Å². The van der Waals surface area contributed by atoms with E-state index in [2.05, 4.69) is 9.93 Å². The Morgan fingerprint density at radius 3 is 2.33 bits per heavy atom. The summed E-state index contributed by atoms with van der Waals surface area (Å²) in [5.41, 5.74) is 1.40. The second-order valence-electron chi connectivity index (χ2n) is 4.41. The van der Waals surface area contributed by atoms with Crippen molar-refractivity contribution >= 4 is 16.2 Å². The molecule has 110 valence electrons. The second kappa shape index (κ2) is 5.84. The molecule has 0 saturated carbocycles. The summed E-state index contributed by atoms with van der Waals surface area (Å²) in [4.78, 5) is 2.18. The Hall–Kier alpha value is -2.54. The molecule has 0 aliphatic rings. The van der Waals surface area contributed by atoms with Crippen molar-refractivity contribution in [2.24, 2.45) is 5.10 Å². The Morgan fingerprint density at radius 1 is 1.05 bits per heavy atom. The summed E-state index contributed by atoms with van der Waals surface area (Å²) < 4.78 is 23.9. The number of nitrogens with zero attached hydrogens (tertiary/aromatic N) is 1. The first-order valence-corrected chi connectivity index (χ1v) is 7.50. The maximum absolute atomic E-state index is 11.9. The fourth-order valence-electron chi connectivity index (χ4n) is 1.56. The predicted molar refractivity (Wildman–Crippen MR) is 78.9 cm³/mol. The highest BCUT2D eigenvalue weighted by Crippen LogP contribution is 2.23. The van der Waals surface area contributed by atoms with Crippen LogP contribution in [0, 0.1) is 6.92 Å². The van der Waals surface area contributed by atoms with E-state index in [1.807, 2.05) is 6.92 Å². The van der Waals surface area contributed by atoms with Gasteiger partial charge in [-0.15, -0.1) is 0 Å². The number of aromatic hydroxyl groups is 2. The SMILES string of the molecule is Cc1ccc(S(=O)(=O)NN=Cc2ccc(O)c(O)c2)cc1. The normalized spacial score (nSPS) is 11.7. The zero-order valence-electron chi connectivity index (χ0n) is 11.2. The first kappa shape index (κ1) is 14.9. The summed E-state index contributed by atoms with van der Waals surface area (Å²) in [7, 11) is -3.73. The van der Waals surface area contributed by atoms with Crippen LogP contribution in [0.15, 0.2) is 52.5 Å². The van der Waals surface area contributed by atoms with E-state index < -0.39 is 10.0 Å². The highest BCUT2D eigenvalue weighted by molar-refractivity contribution is 7.89. The fourth-order valence-corrected chi connectivity index (χ4v) is 2.35. The molecule has 0 heterocycles. The van der Waals surface area contributed by atoms with Crippen LogP contribution in [-0.4, -0.2) is 24.8 Å². The molecule has 0 bridgehead atoms. The van der Waals surface area contributed by atoms with Crippen LogP contribution in [0.1, 0.15) is 11.1 Å². The molecule has 2 aromatic carbocycles. The van der Waals surface area contributed by atoms with Crippen molar-refractivity contribution < 1.29 is 18.6 Å². The number of hydrazone groups is 1. The van der Waals surface area contributed by atoms with Crippen LogP contribution in [0.5, 0.6) is 11.5 Å². The molecule has 0 fully saturated rings. The van der Waals surface area contributed by atoms with E-state index in [4.69, 9.17) is 5.11 Å². The van der Waals surface area contributed by atoms with Crippen molar-refractivity contribution in [3.05, 3.63) is 53.6 Å². The van der Waals surface area contributed by atoms with E-state index in [1.165, 1.54) is 36.5 Å². The van der Waals surface area contributed by atoms with Crippen LogP contribution in [-0.2, 0) is 10.0 Å². The third-order valence-electron chi connectivity index (χ3n) is 2.72. The summed E-state index contributed by atoms with van der Waals surface area (Å²) in [6.45, 7) is 1.86. The number of benzene rings is 2. The summed E-state index contributed by atoms with van der Waals surface area (Å²) in [6.07, 6.45) is 1.23. The lowest BCUT2D eigenvalue weighted by atomic mass is 10.2. The zero-order valence-corrected chi connectivity index (χ0v) is 12.0. The highest BCUT2D eigenvalue weighted by atomic mass is 32.2. The second-order valence-corrected chi connectivity index (χ2v) is 6.07. The van der Waals surface area contributed by atoms with Gasteiger partial charge in [0.25, 0.3) is 10.0 Å². The third-order valence-corrected chi connectivity index (χ3v) is 3.96. The molecule has 0 unspecified atom stereocenters. The molecule has 0 atom stereocenters. The largest absolute Gasteiger partial charge is 0.504 e. The van der Waals surface area contributed by atoms with Crippen LogP contribution >= 0.6 is 0 Å². The molecule has 3 N–H and O–H groups in total. The van der Waals surface area contributed by atoms with E-state index in [9.17, 15) is 13.5 Å². The lowest BCUT2D eigenvalue weighted by molar-refractivity contribution is 0.403. The maximum Gasteiger partial charge on any atom is 0.276 e. The van der Waals surface area contributed by atoms with Gasteiger partial charge in [0.15, 0.2) is 11.5 Å². The first-order valence-electron chi connectivity index (χ1n) is 6.02. The lowest BCUT2D eigenvalue weighted by Crippen LogP contribution is -2.18. The van der Waals surface area contributed by atoms with E-state index in [-0.39, 0.29) is 16.4 Å². The van der Waals surface area contributed by atoms with Gasteiger partial charge in [-0.3, -0.25) is 0 Å². The van der Waals surface area contributed by atoms with E-state index in [1.54, 1.807) is 12.1 Å². The zero-order chi connectivity index (χ0) is 15.5. The molecule has 0 aliphatic heterocycles. The number of aryl methyl sites for hydroxylation is 1. The van der Waals surface area contributed by atoms with Crippen molar-refractivity contribution in [1.82, 2.24) is 4.83 Å². The topological polar surface area (TPSA) is 99.0 Å². The van der Waals surface area contributed by atoms with Gasteiger partial charge in [-0.05, 0) is 42.8 Å². The minimum Gasteiger partial charge on any atom is -0.504 e. The number of hydrogen-bond acceptors (Lipinski definition) is 5. The summed E-state index contributed by atoms with van der Waals surface area (Å²) in [6, 6.07) is 10.4. The average molecular weight is 306 g/mol. The van der Waals surface area contributed by atoms with Crippen LogP contribution in [0.25, 0.3) is 0 Å². The van der Waals surface area contributed by atoms with Crippen molar-refractivity contribution in [2.75, 3.05) is 0 Å². The number of hydrogen-bond donors (Lipinski definition) is 3. The Kier molecular flexibility index (Phi) is 4.13. The molecule has 21 heavy (non-hydrogen) atoms. The standard InChI is InChI=1S/C14H14N2O4S/c1-10-2-5-12(6-3-10)21(19,20)16-15-9-11-4-7-13(17)14(18)8-11/h2-9,16-18H,1H3. The molecular weight excluding hydrogens is 292 g/mol. The summed E-state index contributed by atoms with van der Waals surface area (Å²) in [5.74, 6) is -0.562. The van der Waals surface area contributed by atoms with E-state index >= 15 is 0 Å². The van der Waals surface area contributed by atoms with Gasteiger partial charge in [0, 0.05) is 0 Å². The van der Waals surface area contributed by atoms with Crippen molar-refractivity contribution in [3.8, 4) is 11.5 Å². The van der Waals surface area contributed by atoms with Gasteiger partial charge in [-0.2, -0.15) is 13.5 Å². The number of nitrogens with one attached hydrogen (secondary N) is 1. The van der Waals surface area contributed by atoms with Crippen LogP contribution in [0.3, 0.4) is 0 Å². The van der Waals surface area contributed by atoms with E-state index in [0.717, 1.165) is 5.56 Å². The highest BCUT2D eigenvalue weighted by Gasteiger charge is 2.11.